The lowest BCUT2D eigenvalue weighted by molar-refractivity contribution is 0.0243. The molecule has 1 aliphatic heterocycles. The SMILES string of the molecule is CCNC(=NCc1ccc(Cn2ccccc2=O)cc1)NCC1(C)CCCO1.I. The maximum atomic E-state index is 11.8. The molecule has 0 spiro atoms. The minimum Gasteiger partial charge on any atom is -0.373 e. The van der Waals surface area contributed by atoms with Gasteiger partial charge in [-0.25, -0.2) is 4.99 Å². The van der Waals surface area contributed by atoms with Gasteiger partial charge in [-0.3, -0.25) is 4.79 Å². The lowest BCUT2D eigenvalue weighted by Crippen LogP contribution is -2.45. The van der Waals surface area contributed by atoms with E-state index in [-0.39, 0.29) is 35.1 Å². The molecule has 1 aromatic carbocycles. The summed E-state index contributed by atoms with van der Waals surface area (Å²) in [6.45, 7) is 7.79. The molecule has 29 heavy (non-hydrogen) atoms. The number of aliphatic imine (C=N–C) groups is 1. The van der Waals surface area contributed by atoms with E-state index in [0.29, 0.717) is 13.1 Å². The monoisotopic (exact) mass is 510 g/mol. The Balaban J connectivity index is 0.00000300. The zero-order valence-electron chi connectivity index (χ0n) is 17.2. The summed E-state index contributed by atoms with van der Waals surface area (Å²) >= 11 is 0. The molecule has 0 saturated carbocycles. The third-order valence-corrected chi connectivity index (χ3v) is 4.97. The van der Waals surface area contributed by atoms with Gasteiger partial charge in [-0.1, -0.05) is 30.3 Å². The van der Waals surface area contributed by atoms with Crippen molar-refractivity contribution in [1.82, 2.24) is 15.2 Å². The second-order valence-corrected chi connectivity index (χ2v) is 7.43. The third kappa shape index (κ3) is 7.15. The van der Waals surface area contributed by atoms with E-state index in [0.717, 1.165) is 49.6 Å². The quantitative estimate of drug-likeness (QED) is 0.341. The summed E-state index contributed by atoms with van der Waals surface area (Å²) in [4.78, 5) is 16.5. The maximum absolute atomic E-state index is 11.8. The van der Waals surface area contributed by atoms with Gasteiger partial charge in [-0.05, 0) is 43.9 Å². The van der Waals surface area contributed by atoms with Crippen molar-refractivity contribution in [3.05, 3.63) is 70.1 Å². The van der Waals surface area contributed by atoms with Crippen molar-refractivity contribution in [2.75, 3.05) is 19.7 Å². The zero-order chi connectivity index (χ0) is 19.8. The highest BCUT2D eigenvalue weighted by Crippen LogP contribution is 2.23. The summed E-state index contributed by atoms with van der Waals surface area (Å²) in [6.07, 6.45) is 4.00. The maximum Gasteiger partial charge on any atom is 0.250 e. The molecule has 158 valence electrons. The summed E-state index contributed by atoms with van der Waals surface area (Å²) < 4.78 is 7.53. The number of aromatic nitrogens is 1. The molecule has 3 rings (SSSR count). The van der Waals surface area contributed by atoms with Crippen LogP contribution in [0.4, 0.5) is 0 Å². The lowest BCUT2D eigenvalue weighted by Gasteiger charge is -2.24. The van der Waals surface area contributed by atoms with Crippen molar-refractivity contribution < 1.29 is 4.74 Å². The number of halogens is 1. The van der Waals surface area contributed by atoms with E-state index in [1.165, 1.54) is 0 Å². The molecule has 1 aromatic heterocycles. The van der Waals surface area contributed by atoms with Crippen molar-refractivity contribution in [2.24, 2.45) is 4.99 Å². The third-order valence-electron chi connectivity index (χ3n) is 4.97. The van der Waals surface area contributed by atoms with E-state index in [1.807, 2.05) is 12.3 Å². The largest absolute Gasteiger partial charge is 0.373 e. The molecule has 1 unspecified atom stereocenters. The van der Waals surface area contributed by atoms with Crippen molar-refractivity contribution in [2.45, 2.75) is 45.4 Å². The topological polar surface area (TPSA) is 67.7 Å². The van der Waals surface area contributed by atoms with E-state index in [2.05, 4.69) is 53.7 Å². The minimum atomic E-state index is -0.104. The Kier molecular flexibility index (Phi) is 9.16. The van der Waals surface area contributed by atoms with Gasteiger partial charge >= 0.3 is 0 Å². The van der Waals surface area contributed by atoms with Crippen LogP contribution in [-0.2, 0) is 17.8 Å². The van der Waals surface area contributed by atoms with Gasteiger partial charge in [-0.2, -0.15) is 0 Å². The van der Waals surface area contributed by atoms with Gasteiger partial charge in [0.05, 0.1) is 18.7 Å². The van der Waals surface area contributed by atoms with Crippen LogP contribution in [0, 0.1) is 0 Å². The highest BCUT2D eigenvalue weighted by Gasteiger charge is 2.29. The highest BCUT2D eigenvalue weighted by molar-refractivity contribution is 14.0. The first-order chi connectivity index (χ1) is 13.6. The number of rotatable bonds is 7. The van der Waals surface area contributed by atoms with Gasteiger partial charge in [0, 0.05) is 32.0 Å². The number of nitrogens with zero attached hydrogens (tertiary/aromatic N) is 2. The number of guanidine groups is 1. The highest BCUT2D eigenvalue weighted by atomic mass is 127. The normalized spacial score (nSPS) is 18.9. The molecule has 2 aromatic rings. The molecule has 1 atom stereocenters. The van der Waals surface area contributed by atoms with Crippen LogP contribution >= 0.6 is 24.0 Å². The number of benzene rings is 1. The van der Waals surface area contributed by atoms with E-state index in [1.54, 1.807) is 16.7 Å². The summed E-state index contributed by atoms with van der Waals surface area (Å²) in [5.41, 5.74) is 2.13. The molecule has 1 aliphatic rings. The first kappa shape index (κ1) is 23.4. The zero-order valence-corrected chi connectivity index (χ0v) is 19.5. The second-order valence-electron chi connectivity index (χ2n) is 7.43. The Bertz CT molecular complexity index is 842. The van der Waals surface area contributed by atoms with Gasteiger partial charge in [0.15, 0.2) is 5.96 Å². The average Bonchev–Trinajstić information content (AvgIpc) is 3.14. The fourth-order valence-corrected chi connectivity index (χ4v) is 3.30. The number of ether oxygens (including phenoxy) is 1. The number of nitrogens with one attached hydrogen (secondary N) is 2. The fraction of sp³-hybridized carbons (Fsp3) is 0.455. The lowest BCUT2D eigenvalue weighted by atomic mass is 10.0. The molecule has 0 radical (unpaired) electrons. The van der Waals surface area contributed by atoms with Crippen molar-refractivity contribution in [1.29, 1.82) is 0 Å². The second kappa shape index (κ2) is 11.3. The van der Waals surface area contributed by atoms with Gasteiger partial charge in [0.1, 0.15) is 0 Å². The summed E-state index contributed by atoms with van der Waals surface area (Å²) in [6, 6.07) is 13.5. The van der Waals surface area contributed by atoms with Crippen LogP contribution in [0.3, 0.4) is 0 Å². The molecule has 1 saturated heterocycles. The van der Waals surface area contributed by atoms with Crippen LogP contribution in [0.5, 0.6) is 0 Å². The molecule has 1 fully saturated rings. The van der Waals surface area contributed by atoms with E-state index in [4.69, 9.17) is 4.74 Å². The summed E-state index contributed by atoms with van der Waals surface area (Å²) in [5.74, 6) is 0.805. The van der Waals surface area contributed by atoms with E-state index < -0.39 is 0 Å². The van der Waals surface area contributed by atoms with E-state index >= 15 is 0 Å². The average molecular weight is 510 g/mol. The van der Waals surface area contributed by atoms with Gasteiger partial charge in [0.2, 0.25) is 0 Å². The molecule has 7 heteroatoms. The molecule has 2 heterocycles. The molecular formula is C22H31IN4O2. The predicted molar refractivity (Wildman–Crippen MR) is 128 cm³/mol. The van der Waals surface area contributed by atoms with E-state index in [9.17, 15) is 4.79 Å². The Hall–Kier alpha value is -1.87. The predicted octanol–water partition coefficient (Wildman–Crippen LogP) is 3.14. The number of hydrogen-bond donors (Lipinski definition) is 2. The smallest absolute Gasteiger partial charge is 0.250 e. The minimum absolute atomic E-state index is 0. The summed E-state index contributed by atoms with van der Waals surface area (Å²) in [7, 11) is 0. The first-order valence-electron chi connectivity index (χ1n) is 9.97. The van der Waals surface area contributed by atoms with Crippen LogP contribution in [0.1, 0.15) is 37.8 Å². The molecule has 2 N–H and O–H groups in total. The molecule has 0 bridgehead atoms. The van der Waals surface area contributed by atoms with Crippen molar-refractivity contribution in [3.63, 3.8) is 0 Å². The Morgan fingerprint density at radius 2 is 1.93 bits per heavy atom. The Labute approximate surface area is 189 Å². The van der Waals surface area contributed by atoms with Crippen molar-refractivity contribution >= 4 is 29.9 Å². The number of pyridine rings is 1. The van der Waals surface area contributed by atoms with Crippen LogP contribution in [0.2, 0.25) is 0 Å². The van der Waals surface area contributed by atoms with Crippen LogP contribution in [0.25, 0.3) is 0 Å². The Morgan fingerprint density at radius 3 is 2.59 bits per heavy atom. The fourth-order valence-electron chi connectivity index (χ4n) is 3.30. The molecular weight excluding hydrogens is 479 g/mol. The van der Waals surface area contributed by atoms with Gasteiger partial charge < -0.3 is 19.9 Å². The number of hydrogen-bond acceptors (Lipinski definition) is 3. The molecule has 0 aliphatic carbocycles. The van der Waals surface area contributed by atoms with Crippen molar-refractivity contribution in [3.8, 4) is 0 Å². The van der Waals surface area contributed by atoms with Crippen LogP contribution in [0.15, 0.2) is 58.4 Å². The van der Waals surface area contributed by atoms with Gasteiger partial charge in [0.25, 0.3) is 5.56 Å². The summed E-state index contributed by atoms with van der Waals surface area (Å²) in [5, 5.41) is 6.69. The first-order valence-corrected chi connectivity index (χ1v) is 9.97. The Morgan fingerprint density at radius 1 is 1.17 bits per heavy atom. The molecule has 0 amide bonds. The van der Waals surface area contributed by atoms with Crippen LogP contribution in [-0.4, -0.2) is 35.8 Å². The van der Waals surface area contributed by atoms with Gasteiger partial charge in [-0.15, -0.1) is 24.0 Å². The standard InChI is InChI=1S/C22H30N4O2.HI/c1-3-23-21(25-17-22(2)12-6-14-28-22)24-15-18-8-10-19(11-9-18)16-26-13-5-4-7-20(26)27;/h4-5,7-11,13H,3,6,12,14-17H2,1-2H3,(H2,23,24,25);1H. The van der Waals surface area contributed by atoms with Crippen LogP contribution < -0.4 is 16.2 Å². The molecule has 6 nitrogen and oxygen atoms in total.